The van der Waals surface area contributed by atoms with Crippen molar-refractivity contribution in [1.82, 2.24) is 14.5 Å². The van der Waals surface area contributed by atoms with Gasteiger partial charge in [0.2, 0.25) is 0 Å². The number of rotatable bonds is 2. The number of allylic oxidation sites excluding steroid dienone is 3. The summed E-state index contributed by atoms with van der Waals surface area (Å²) in [5.41, 5.74) is 8.67. The van der Waals surface area contributed by atoms with Crippen LogP contribution in [0.15, 0.2) is 53.3 Å². The molecule has 0 spiro atoms. The molecule has 0 atom stereocenters. The molecule has 2 aliphatic rings. The number of fused-ring (bicyclic) bond motifs is 1. The summed E-state index contributed by atoms with van der Waals surface area (Å²) in [6, 6.07) is 5.90. The Kier molecular flexibility index (Phi) is 3.85. The standard InChI is InChI=1S/C18H20N6O/c1-22-8-10-23(11-9-22)18-17(16-4-2-3-7-24(16)21-18)20-15-6-5-13(25)12-14(15)19/h2-7,12H,8-11,19H2,1H3. The monoisotopic (exact) mass is 336 g/mol. The largest absolute Gasteiger partial charge is 0.397 e. The van der Waals surface area contributed by atoms with E-state index < -0.39 is 0 Å². The first kappa shape index (κ1) is 15.6. The van der Waals surface area contributed by atoms with Gasteiger partial charge in [0.05, 0.1) is 16.9 Å². The molecule has 0 radical (unpaired) electrons. The molecule has 1 saturated heterocycles. The molecule has 0 aromatic carbocycles. The number of anilines is 1. The van der Waals surface area contributed by atoms with Crippen molar-refractivity contribution in [3.63, 3.8) is 0 Å². The van der Waals surface area contributed by atoms with Gasteiger partial charge in [-0.2, -0.15) is 0 Å². The second kappa shape index (κ2) is 6.18. The van der Waals surface area contributed by atoms with Crippen molar-refractivity contribution in [2.45, 2.75) is 0 Å². The Hall–Kier alpha value is -2.93. The third-order valence-corrected chi connectivity index (χ3v) is 4.53. The van der Waals surface area contributed by atoms with Crippen LogP contribution in [0.3, 0.4) is 0 Å². The number of carbonyl (C=O) groups is 1. The van der Waals surface area contributed by atoms with Crippen molar-refractivity contribution in [1.29, 1.82) is 0 Å². The van der Waals surface area contributed by atoms with Gasteiger partial charge in [-0.1, -0.05) is 6.07 Å². The number of nitrogens with zero attached hydrogens (tertiary/aromatic N) is 5. The molecule has 7 heteroatoms. The Labute approximate surface area is 145 Å². The topological polar surface area (TPSA) is 79.2 Å². The lowest BCUT2D eigenvalue weighted by molar-refractivity contribution is -0.110. The Morgan fingerprint density at radius 2 is 1.96 bits per heavy atom. The Morgan fingerprint density at radius 1 is 1.16 bits per heavy atom. The zero-order valence-electron chi connectivity index (χ0n) is 14.1. The van der Waals surface area contributed by atoms with E-state index in [4.69, 9.17) is 15.8 Å². The van der Waals surface area contributed by atoms with Crippen LogP contribution in [0.2, 0.25) is 0 Å². The summed E-state index contributed by atoms with van der Waals surface area (Å²) in [6.07, 6.45) is 6.46. The number of hydrogen-bond acceptors (Lipinski definition) is 6. The SMILES string of the molecule is CN1CCN(c2nn3ccccc3c2N=C2C=CC(=O)C=C2N)CC1. The molecule has 0 amide bonds. The van der Waals surface area contributed by atoms with Crippen LogP contribution in [0.1, 0.15) is 0 Å². The van der Waals surface area contributed by atoms with Gasteiger partial charge in [0, 0.05) is 38.5 Å². The van der Waals surface area contributed by atoms with E-state index in [-0.39, 0.29) is 5.78 Å². The first-order chi connectivity index (χ1) is 12.1. The van der Waals surface area contributed by atoms with Crippen LogP contribution in [-0.4, -0.2) is 59.2 Å². The minimum atomic E-state index is -0.115. The molecule has 1 aliphatic heterocycles. The lowest BCUT2D eigenvalue weighted by Crippen LogP contribution is -2.44. The van der Waals surface area contributed by atoms with Gasteiger partial charge in [0.15, 0.2) is 11.6 Å². The summed E-state index contributed by atoms with van der Waals surface area (Å²) in [6.45, 7) is 3.77. The Morgan fingerprint density at radius 3 is 2.72 bits per heavy atom. The number of carbonyl (C=O) groups excluding carboxylic acids is 1. The van der Waals surface area contributed by atoms with E-state index in [0.29, 0.717) is 11.4 Å². The number of aliphatic imine (C=N–C) groups is 1. The molecule has 128 valence electrons. The van der Waals surface area contributed by atoms with Crippen molar-refractivity contribution in [2.75, 3.05) is 38.1 Å². The summed E-state index contributed by atoms with van der Waals surface area (Å²) in [5, 5.41) is 4.73. The third-order valence-electron chi connectivity index (χ3n) is 4.53. The van der Waals surface area contributed by atoms with Crippen LogP contribution in [0.5, 0.6) is 0 Å². The average molecular weight is 336 g/mol. The summed E-state index contributed by atoms with van der Waals surface area (Å²) in [4.78, 5) is 20.8. The zero-order valence-corrected chi connectivity index (χ0v) is 14.1. The number of pyridine rings is 1. The Bertz CT molecular complexity index is 915. The Balaban J connectivity index is 1.81. The normalized spacial score (nSPS) is 20.5. The quantitative estimate of drug-likeness (QED) is 0.832. The highest BCUT2D eigenvalue weighted by Crippen LogP contribution is 2.33. The summed E-state index contributed by atoms with van der Waals surface area (Å²) in [5.74, 6) is 0.737. The highest BCUT2D eigenvalue weighted by atomic mass is 16.1. The molecule has 4 rings (SSSR count). The van der Waals surface area contributed by atoms with Gasteiger partial charge in [-0.05, 0) is 31.3 Å². The number of nitrogens with two attached hydrogens (primary N) is 1. The molecule has 0 saturated carbocycles. The summed E-state index contributed by atoms with van der Waals surface area (Å²) < 4.78 is 1.84. The number of piperazine rings is 1. The van der Waals surface area contributed by atoms with Crippen molar-refractivity contribution < 1.29 is 4.79 Å². The molecule has 1 aliphatic carbocycles. The predicted molar refractivity (Wildman–Crippen MR) is 98.4 cm³/mol. The maximum Gasteiger partial charge on any atom is 0.180 e. The van der Waals surface area contributed by atoms with Gasteiger partial charge < -0.3 is 15.5 Å². The zero-order chi connectivity index (χ0) is 17.4. The van der Waals surface area contributed by atoms with Gasteiger partial charge in [0.1, 0.15) is 5.69 Å². The second-order valence-electron chi connectivity index (χ2n) is 6.33. The van der Waals surface area contributed by atoms with E-state index in [0.717, 1.165) is 43.2 Å². The number of hydrogen-bond donors (Lipinski definition) is 1. The van der Waals surface area contributed by atoms with Gasteiger partial charge in [-0.25, -0.2) is 9.51 Å². The van der Waals surface area contributed by atoms with E-state index in [2.05, 4.69) is 16.8 Å². The van der Waals surface area contributed by atoms with Gasteiger partial charge in [-0.3, -0.25) is 4.79 Å². The average Bonchev–Trinajstić information content (AvgIpc) is 2.97. The molecule has 7 nitrogen and oxygen atoms in total. The lowest BCUT2D eigenvalue weighted by atomic mass is 10.1. The van der Waals surface area contributed by atoms with E-state index in [1.807, 2.05) is 28.9 Å². The molecule has 2 aromatic heterocycles. The highest BCUT2D eigenvalue weighted by molar-refractivity contribution is 6.20. The van der Waals surface area contributed by atoms with E-state index >= 15 is 0 Å². The minimum absolute atomic E-state index is 0.115. The third kappa shape index (κ3) is 2.94. The van der Waals surface area contributed by atoms with E-state index in [1.165, 1.54) is 12.2 Å². The van der Waals surface area contributed by atoms with Crippen molar-refractivity contribution >= 4 is 28.5 Å². The van der Waals surface area contributed by atoms with Gasteiger partial charge >= 0.3 is 0 Å². The fourth-order valence-corrected chi connectivity index (χ4v) is 3.07. The molecule has 25 heavy (non-hydrogen) atoms. The van der Waals surface area contributed by atoms with Gasteiger partial charge in [-0.15, -0.1) is 5.10 Å². The number of ketones is 1. The van der Waals surface area contributed by atoms with Crippen LogP contribution in [0.25, 0.3) is 5.52 Å². The number of aromatic nitrogens is 2. The predicted octanol–water partition coefficient (Wildman–Crippen LogP) is 1.14. The second-order valence-corrected chi connectivity index (χ2v) is 6.33. The molecule has 0 unspecified atom stereocenters. The van der Waals surface area contributed by atoms with E-state index in [1.54, 1.807) is 6.08 Å². The van der Waals surface area contributed by atoms with Crippen LogP contribution >= 0.6 is 0 Å². The van der Waals surface area contributed by atoms with E-state index in [9.17, 15) is 4.79 Å². The lowest BCUT2D eigenvalue weighted by Gasteiger charge is -2.32. The first-order valence-electron chi connectivity index (χ1n) is 8.31. The fourth-order valence-electron chi connectivity index (χ4n) is 3.07. The minimum Gasteiger partial charge on any atom is -0.397 e. The van der Waals surface area contributed by atoms with Crippen LogP contribution < -0.4 is 10.6 Å². The van der Waals surface area contributed by atoms with Gasteiger partial charge in [0.25, 0.3) is 0 Å². The smallest absolute Gasteiger partial charge is 0.180 e. The first-order valence-corrected chi connectivity index (χ1v) is 8.31. The molecular formula is C18H20N6O. The van der Waals surface area contributed by atoms with Crippen LogP contribution in [0, 0.1) is 0 Å². The summed E-state index contributed by atoms with van der Waals surface area (Å²) >= 11 is 0. The van der Waals surface area contributed by atoms with Crippen molar-refractivity contribution in [3.8, 4) is 0 Å². The number of likely N-dealkylation sites (N-methyl/N-ethyl adjacent to an activating group) is 1. The van der Waals surface area contributed by atoms with Crippen molar-refractivity contribution in [2.24, 2.45) is 10.7 Å². The maximum atomic E-state index is 11.5. The fraction of sp³-hybridized carbons (Fsp3) is 0.278. The van der Waals surface area contributed by atoms with Crippen molar-refractivity contribution in [3.05, 3.63) is 48.3 Å². The molecule has 2 N–H and O–H groups in total. The molecule has 2 aromatic rings. The molecule has 0 bridgehead atoms. The highest BCUT2D eigenvalue weighted by Gasteiger charge is 2.22. The molecule has 3 heterocycles. The summed E-state index contributed by atoms with van der Waals surface area (Å²) in [7, 11) is 2.12. The van der Waals surface area contributed by atoms with Crippen LogP contribution in [-0.2, 0) is 4.79 Å². The van der Waals surface area contributed by atoms with Crippen LogP contribution in [0.4, 0.5) is 11.5 Å². The maximum absolute atomic E-state index is 11.5. The molecular weight excluding hydrogens is 316 g/mol. The molecule has 1 fully saturated rings.